The molecule has 2 heterocycles. The summed E-state index contributed by atoms with van der Waals surface area (Å²) < 4.78 is 20.2. The summed E-state index contributed by atoms with van der Waals surface area (Å²) in [6.07, 6.45) is 1.09. The average Bonchev–Trinajstić information content (AvgIpc) is 3.22. The van der Waals surface area contributed by atoms with Crippen LogP contribution >= 0.6 is 0 Å². The van der Waals surface area contributed by atoms with Crippen LogP contribution in [0.5, 0.6) is 0 Å². The Morgan fingerprint density at radius 1 is 1.45 bits per heavy atom. The Bertz CT molecular complexity index is 855. The second-order valence-electron chi connectivity index (χ2n) is 7.78. The highest BCUT2D eigenvalue weighted by Crippen LogP contribution is 2.52. The number of benzene rings is 1. The van der Waals surface area contributed by atoms with Crippen LogP contribution in [0.2, 0.25) is 0 Å². The summed E-state index contributed by atoms with van der Waals surface area (Å²) in [5, 5.41) is 6.87. The fourth-order valence-corrected chi connectivity index (χ4v) is 3.91. The van der Waals surface area contributed by atoms with Crippen LogP contribution in [0.1, 0.15) is 26.7 Å². The number of carbonyl (C=O) groups is 2. The molecule has 0 radical (unpaired) electrons. The van der Waals surface area contributed by atoms with Crippen LogP contribution in [0.4, 0.5) is 20.6 Å². The second kappa shape index (κ2) is 7.53. The number of amides is 2. The number of ether oxygens (including phenoxy) is 1. The van der Waals surface area contributed by atoms with Crippen LogP contribution in [0.25, 0.3) is 0 Å². The van der Waals surface area contributed by atoms with E-state index >= 15 is 0 Å². The van der Waals surface area contributed by atoms with E-state index in [-0.39, 0.29) is 24.4 Å². The van der Waals surface area contributed by atoms with Gasteiger partial charge in [0.1, 0.15) is 18.5 Å². The van der Waals surface area contributed by atoms with Crippen LogP contribution in [0, 0.1) is 11.2 Å². The number of halogens is 1. The largest absolute Gasteiger partial charge is 0.442 e. The average molecular weight is 404 g/mol. The van der Waals surface area contributed by atoms with Crippen molar-refractivity contribution >= 4 is 29.1 Å². The molecule has 8 nitrogen and oxygen atoms in total. The smallest absolute Gasteiger partial charge is 0.414 e. The van der Waals surface area contributed by atoms with Crippen LogP contribution in [-0.2, 0) is 14.4 Å². The molecular formula is C20H25FN4O4. The molecule has 9 heteroatoms. The number of hydrogen-bond donors (Lipinski definition) is 1. The molecule has 0 bridgehead atoms. The number of oxime groups is 1. The Balaban J connectivity index is 1.46. The molecule has 2 aliphatic heterocycles. The van der Waals surface area contributed by atoms with Gasteiger partial charge in [0.25, 0.3) is 0 Å². The predicted molar refractivity (Wildman–Crippen MR) is 106 cm³/mol. The van der Waals surface area contributed by atoms with Gasteiger partial charge in [-0.3, -0.25) is 9.69 Å². The summed E-state index contributed by atoms with van der Waals surface area (Å²) in [6.45, 7) is 5.56. The van der Waals surface area contributed by atoms with Gasteiger partial charge in [0, 0.05) is 18.9 Å². The van der Waals surface area contributed by atoms with E-state index in [1.165, 1.54) is 17.9 Å². The minimum absolute atomic E-state index is 0.0238. The number of rotatable bonds is 6. The summed E-state index contributed by atoms with van der Waals surface area (Å²) in [6, 6.07) is 4.77. The van der Waals surface area contributed by atoms with Gasteiger partial charge < -0.3 is 19.8 Å². The number of anilines is 2. The van der Waals surface area contributed by atoms with E-state index in [1.807, 2.05) is 11.8 Å². The van der Waals surface area contributed by atoms with Gasteiger partial charge >= 0.3 is 6.09 Å². The van der Waals surface area contributed by atoms with Crippen molar-refractivity contribution in [3.8, 4) is 0 Å². The van der Waals surface area contributed by atoms with Crippen molar-refractivity contribution in [1.29, 1.82) is 0 Å². The molecule has 4 rings (SSSR count). The number of hydrogen-bond acceptors (Lipinski definition) is 6. The lowest BCUT2D eigenvalue weighted by molar-refractivity contribution is -0.119. The molecule has 0 aromatic heterocycles. The lowest BCUT2D eigenvalue weighted by atomic mass is 10.1. The maximum absolute atomic E-state index is 14.9. The molecule has 156 valence electrons. The van der Waals surface area contributed by atoms with Gasteiger partial charge in [-0.1, -0.05) is 5.16 Å². The third kappa shape index (κ3) is 3.86. The van der Waals surface area contributed by atoms with E-state index < -0.39 is 18.0 Å². The third-order valence-corrected chi connectivity index (χ3v) is 5.64. The Morgan fingerprint density at radius 2 is 2.24 bits per heavy atom. The predicted octanol–water partition coefficient (Wildman–Crippen LogP) is 2.28. The molecule has 29 heavy (non-hydrogen) atoms. The highest BCUT2D eigenvalue weighted by Gasteiger charge is 2.54. The first kappa shape index (κ1) is 19.5. The summed E-state index contributed by atoms with van der Waals surface area (Å²) in [7, 11) is 0. The molecule has 1 aromatic carbocycles. The van der Waals surface area contributed by atoms with Gasteiger partial charge in [-0.15, -0.1) is 0 Å². The topological polar surface area (TPSA) is 83.5 Å². The van der Waals surface area contributed by atoms with Gasteiger partial charge in [0.15, 0.2) is 0 Å². The third-order valence-electron chi connectivity index (χ3n) is 5.64. The molecule has 1 saturated carbocycles. The van der Waals surface area contributed by atoms with Crippen molar-refractivity contribution in [3.05, 3.63) is 24.0 Å². The monoisotopic (exact) mass is 404 g/mol. The minimum Gasteiger partial charge on any atom is -0.442 e. The van der Waals surface area contributed by atoms with Crippen LogP contribution < -0.4 is 15.1 Å². The summed E-state index contributed by atoms with van der Waals surface area (Å²) in [5.41, 5.74) is 1.93. The van der Waals surface area contributed by atoms with Crippen LogP contribution in [0.3, 0.4) is 0 Å². The lowest BCUT2D eigenvalue weighted by Gasteiger charge is -2.20. The van der Waals surface area contributed by atoms with E-state index in [0.717, 1.165) is 25.1 Å². The fraction of sp³-hybridized carbons (Fsp3) is 0.550. The molecule has 2 saturated heterocycles. The molecule has 0 unspecified atom stereocenters. The first-order chi connectivity index (χ1) is 13.9. The Kier molecular flexibility index (Phi) is 5.06. The van der Waals surface area contributed by atoms with Crippen molar-refractivity contribution < 1.29 is 23.6 Å². The molecule has 3 fully saturated rings. The molecule has 1 atom stereocenters. The highest BCUT2D eigenvalue weighted by atomic mass is 19.1. The van der Waals surface area contributed by atoms with Gasteiger partial charge in [-0.25, -0.2) is 9.18 Å². The maximum atomic E-state index is 14.9. The standard InChI is InChI=1S/C20H25FN4O4/c1-3-28-23-18-11-24(12-20(18)6-7-20)17-5-4-14(8-16(17)21)25-10-15(29-19(25)27)9-22-13(2)26/h4-5,8,15H,3,6-7,9-12H2,1-2H3,(H,22,26)/b23-18+/t15-/m0/s1. The van der Waals surface area contributed by atoms with Gasteiger partial charge in [0.05, 0.1) is 36.7 Å². The Hall–Kier alpha value is -2.84. The number of nitrogens with one attached hydrogen (secondary N) is 1. The van der Waals surface area contributed by atoms with E-state index in [0.29, 0.717) is 24.5 Å². The number of cyclic esters (lactones) is 1. The number of carbonyl (C=O) groups excluding carboxylic acids is 2. The summed E-state index contributed by atoms with van der Waals surface area (Å²) >= 11 is 0. The van der Waals surface area contributed by atoms with E-state index in [2.05, 4.69) is 10.5 Å². The molecule has 1 aliphatic carbocycles. The Labute approximate surface area is 168 Å². The number of nitrogens with zero attached hydrogens (tertiary/aromatic N) is 3. The van der Waals surface area contributed by atoms with Crippen LogP contribution in [0.15, 0.2) is 23.4 Å². The normalized spacial score (nSPS) is 23.6. The lowest BCUT2D eigenvalue weighted by Crippen LogP contribution is -2.33. The Morgan fingerprint density at radius 3 is 2.90 bits per heavy atom. The van der Waals surface area contributed by atoms with Gasteiger partial charge in [-0.2, -0.15) is 0 Å². The molecule has 1 N–H and O–H groups in total. The first-order valence-corrected chi connectivity index (χ1v) is 9.88. The zero-order valence-electron chi connectivity index (χ0n) is 16.6. The molecule has 1 aromatic rings. The van der Waals surface area contributed by atoms with E-state index in [1.54, 1.807) is 12.1 Å². The molecule has 1 spiro atoms. The van der Waals surface area contributed by atoms with Gasteiger partial charge in [-0.05, 0) is 38.0 Å². The van der Waals surface area contributed by atoms with Crippen molar-refractivity contribution in [2.75, 3.05) is 42.6 Å². The van der Waals surface area contributed by atoms with E-state index in [9.17, 15) is 14.0 Å². The quantitative estimate of drug-likeness (QED) is 0.736. The summed E-state index contributed by atoms with van der Waals surface area (Å²) in [4.78, 5) is 31.8. The molecule has 2 amide bonds. The van der Waals surface area contributed by atoms with E-state index in [4.69, 9.17) is 9.57 Å². The maximum Gasteiger partial charge on any atom is 0.414 e. The SMILES string of the molecule is CCO/N=C1\CN(c2ccc(N3C[C@H](CNC(C)=O)OC3=O)cc2F)CC12CC2. The van der Waals surface area contributed by atoms with Crippen molar-refractivity contribution in [3.63, 3.8) is 0 Å². The molecular weight excluding hydrogens is 379 g/mol. The van der Waals surface area contributed by atoms with Gasteiger partial charge in [0.2, 0.25) is 5.91 Å². The highest BCUT2D eigenvalue weighted by molar-refractivity contribution is 5.99. The first-order valence-electron chi connectivity index (χ1n) is 9.88. The van der Waals surface area contributed by atoms with Crippen LogP contribution in [-0.4, -0.2) is 56.6 Å². The molecule has 3 aliphatic rings. The van der Waals surface area contributed by atoms with Crippen molar-refractivity contribution in [2.45, 2.75) is 32.8 Å². The fourth-order valence-electron chi connectivity index (χ4n) is 3.91. The minimum atomic E-state index is -0.545. The zero-order valence-corrected chi connectivity index (χ0v) is 16.6. The zero-order chi connectivity index (χ0) is 20.6. The van der Waals surface area contributed by atoms with Crippen molar-refractivity contribution in [1.82, 2.24) is 5.32 Å². The van der Waals surface area contributed by atoms with Crippen molar-refractivity contribution in [2.24, 2.45) is 10.6 Å². The summed E-state index contributed by atoms with van der Waals surface area (Å²) in [5.74, 6) is -0.588. The second-order valence-corrected chi connectivity index (χ2v) is 7.78.